The van der Waals surface area contributed by atoms with E-state index in [0.29, 0.717) is 0 Å². The molecule has 0 aliphatic carbocycles. The molecule has 0 saturated carbocycles. The van der Waals surface area contributed by atoms with Gasteiger partial charge in [-0.25, -0.2) is 0 Å². The minimum Gasteiger partial charge on any atom is -0.497 e. The van der Waals surface area contributed by atoms with Crippen molar-refractivity contribution in [3.8, 4) is 11.5 Å². The van der Waals surface area contributed by atoms with Crippen LogP contribution in [0.25, 0.3) is 10.1 Å². The van der Waals surface area contributed by atoms with Gasteiger partial charge >= 0.3 is 0 Å². The second-order valence-electron chi connectivity index (χ2n) is 7.02. The lowest BCUT2D eigenvalue weighted by atomic mass is 9.89. The number of hydrogen-bond acceptors (Lipinski definition) is 5. The van der Waals surface area contributed by atoms with E-state index >= 15 is 0 Å². The number of anilines is 1. The molecule has 1 unspecified atom stereocenters. The summed E-state index contributed by atoms with van der Waals surface area (Å²) >= 11 is 7.67. The second kappa shape index (κ2) is 8.37. The molecule has 0 aliphatic rings. The summed E-state index contributed by atoms with van der Waals surface area (Å²) in [6.07, 6.45) is 0. The van der Waals surface area contributed by atoms with E-state index in [4.69, 9.17) is 21.7 Å². The number of thiophene rings is 1. The topological polar surface area (TPSA) is 24.9 Å². The van der Waals surface area contributed by atoms with Gasteiger partial charge in [-0.15, -0.1) is 11.3 Å². The first-order valence-corrected chi connectivity index (χ1v) is 10.2. The maximum Gasteiger partial charge on any atom is 0.120 e. The Kier molecular flexibility index (Phi) is 6.10. The maximum atomic E-state index is 5.90. The average Bonchev–Trinajstić information content (AvgIpc) is 3.07. The van der Waals surface area contributed by atoms with Crippen molar-refractivity contribution in [3.63, 3.8) is 0 Å². The van der Waals surface area contributed by atoms with Gasteiger partial charge in [0.05, 0.1) is 30.1 Å². The predicted molar refractivity (Wildman–Crippen MR) is 124 cm³/mol. The van der Waals surface area contributed by atoms with E-state index in [1.807, 2.05) is 37.2 Å². The van der Waals surface area contributed by atoms with Gasteiger partial charge in [0, 0.05) is 38.5 Å². The molecule has 1 aromatic heterocycles. The Bertz CT molecular complexity index is 978. The molecule has 2 aromatic carbocycles. The van der Waals surface area contributed by atoms with Crippen LogP contribution >= 0.6 is 23.6 Å². The normalized spacial score (nSPS) is 11.9. The number of methoxy groups -OCH3 is 2. The summed E-state index contributed by atoms with van der Waals surface area (Å²) in [6, 6.07) is 14.4. The van der Waals surface area contributed by atoms with Crippen molar-refractivity contribution in [1.82, 2.24) is 4.90 Å². The molecule has 3 rings (SSSR count). The van der Waals surface area contributed by atoms with Crippen molar-refractivity contribution < 1.29 is 9.47 Å². The Labute approximate surface area is 176 Å². The third-order valence-corrected chi connectivity index (χ3v) is 6.68. The van der Waals surface area contributed by atoms with E-state index in [1.54, 1.807) is 25.6 Å². The molecule has 1 atom stereocenters. The Morgan fingerprint density at radius 1 is 0.929 bits per heavy atom. The minimum atomic E-state index is -0.0320. The maximum absolute atomic E-state index is 5.90. The van der Waals surface area contributed by atoms with E-state index in [2.05, 4.69) is 43.3 Å². The molecule has 0 fully saturated rings. The Balaban J connectivity index is 2.27. The zero-order valence-corrected chi connectivity index (χ0v) is 18.8. The highest BCUT2D eigenvalue weighted by molar-refractivity contribution is 7.80. The van der Waals surface area contributed by atoms with Gasteiger partial charge in [0.15, 0.2) is 0 Å². The highest BCUT2D eigenvalue weighted by Crippen LogP contribution is 2.45. The fourth-order valence-electron chi connectivity index (χ4n) is 3.31. The monoisotopic (exact) mass is 414 g/mol. The smallest absolute Gasteiger partial charge is 0.120 e. The predicted octanol–water partition coefficient (Wildman–Crippen LogP) is 5.01. The van der Waals surface area contributed by atoms with Crippen LogP contribution in [-0.2, 0) is 0 Å². The summed E-state index contributed by atoms with van der Waals surface area (Å²) < 4.78 is 12.0. The van der Waals surface area contributed by atoms with Crippen LogP contribution < -0.4 is 14.4 Å². The van der Waals surface area contributed by atoms with Crippen LogP contribution in [-0.4, -0.2) is 52.3 Å². The van der Waals surface area contributed by atoms with Crippen LogP contribution in [0.2, 0.25) is 0 Å². The number of fused-ring (bicyclic) bond motifs is 1. The van der Waals surface area contributed by atoms with E-state index < -0.39 is 0 Å². The molecular weight excluding hydrogens is 388 g/mol. The van der Waals surface area contributed by atoms with Crippen molar-refractivity contribution in [2.45, 2.75) is 5.92 Å². The molecule has 0 amide bonds. The Morgan fingerprint density at radius 3 is 2.07 bits per heavy atom. The molecule has 3 aromatic rings. The van der Waals surface area contributed by atoms with Crippen molar-refractivity contribution in [2.24, 2.45) is 0 Å². The van der Waals surface area contributed by atoms with E-state index in [9.17, 15) is 0 Å². The first kappa shape index (κ1) is 20.4. The van der Waals surface area contributed by atoms with Gasteiger partial charge in [-0.1, -0.05) is 24.4 Å². The number of nitrogens with zero attached hydrogens (tertiary/aromatic N) is 2. The third kappa shape index (κ3) is 3.80. The van der Waals surface area contributed by atoms with Crippen molar-refractivity contribution in [3.05, 3.63) is 53.6 Å². The van der Waals surface area contributed by atoms with E-state index in [1.165, 1.54) is 20.7 Å². The minimum absolute atomic E-state index is 0.0320. The lowest BCUT2D eigenvalue weighted by Crippen LogP contribution is -2.28. The quantitative estimate of drug-likeness (QED) is 0.528. The average molecular weight is 415 g/mol. The SMILES string of the molecule is COc1ccc(C(C(=S)N(C)C)c2c(N(C)C)sc3cc(OC)ccc23)cc1. The standard InChI is InChI=1S/C22H26N2O2S2/c1-23(2)21(27)19(14-7-9-15(25-5)10-8-14)20-17-12-11-16(26-6)13-18(17)28-22(20)24(3)4/h7-13,19H,1-6H3. The molecule has 0 radical (unpaired) electrons. The lowest BCUT2D eigenvalue weighted by molar-refractivity contribution is 0.414. The number of thiocarbonyl (C=S) groups is 1. The molecule has 4 nitrogen and oxygen atoms in total. The fourth-order valence-corrected chi connectivity index (χ4v) is 4.75. The number of ether oxygens (including phenoxy) is 2. The number of likely N-dealkylation sites (N-methyl/N-ethyl adjacent to an activating group) is 1. The van der Waals surface area contributed by atoms with Crippen LogP contribution in [0.15, 0.2) is 42.5 Å². The molecule has 0 spiro atoms. The summed E-state index contributed by atoms with van der Waals surface area (Å²) in [5.74, 6) is 1.67. The first-order valence-electron chi connectivity index (χ1n) is 9.00. The van der Waals surface area contributed by atoms with Gasteiger partial charge < -0.3 is 19.3 Å². The second-order valence-corrected chi connectivity index (χ2v) is 8.47. The highest BCUT2D eigenvalue weighted by atomic mass is 32.1. The number of benzene rings is 2. The fraction of sp³-hybridized carbons (Fsp3) is 0.318. The largest absolute Gasteiger partial charge is 0.497 e. The van der Waals surface area contributed by atoms with Crippen LogP contribution in [0.5, 0.6) is 11.5 Å². The van der Waals surface area contributed by atoms with Crippen molar-refractivity contribution in [2.75, 3.05) is 47.3 Å². The Hall–Kier alpha value is -2.31. The van der Waals surface area contributed by atoms with E-state index in [0.717, 1.165) is 22.1 Å². The molecule has 0 aliphatic heterocycles. The van der Waals surface area contributed by atoms with Crippen LogP contribution in [0.3, 0.4) is 0 Å². The summed E-state index contributed by atoms with van der Waals surface area (Å²) in [5, 5.41) is 2.41. The number of hydrogen-bond donors (Lipinski definition) is 0. The molecule has 0 N–H and O–H groups in total. The molecule has 0 bridgehead atoms. The van der Waals surface area contributed by atoms with Gasteiger partial charge in [-0.05, 0) is 41.3 Å². The lowest BCUT2D eigenvalue weighted by Gasteiger charge is -2.27. The van der Waals surface area contributed by atoms with Crippen LogP contribution in [0.1, 0.15) is 17.0 Å². The molecule has 28 heavy (non-hydrogen) atoms. The van der Waals surface area contributed by atoms with Gasteiger partial charge in [0.25, 0.3) is 0 Å². The molecule has 0 saturated heterocycles. The van der Waals surface area contributed by atoms with Gasteiger partial charge in [0.1, 0.15) is 11.5 Å². The summed E-state index contributed by atoms with van der Waals surface area (Å²) in [6.45, 7) is 0. The zero-order valence-electron chi connectivity index (χ0n) is 17.1. The molecular formula is C22H26N2O2S2. The van der Waals surface area contributed by atoms with Gasteiger partial charge in [0.2, 0.25) is 0 Å². The highest BCUT2D eigenvalue weighted by Gasteiger charge is 2.28. The summed E-state index contributed by atoms with van der Waals surface area (Å²) in [7, 11) is 11.5. The summed E-state index contributed by atoms with van der Waals surface area (Å²) in [5.41, 5.74) is 2.38. The molecule has 1 heterocycles. The van der Waals surface area contributed by atoms with Crippen LogP contribution in [0.4, 0.5) is 5.00 Å². The van der Waals surface area contributed by atoms with E-state index in [-0.39, 0.29) is 5.92 Å². The third-order valence-electron chi connectivity index (χ3n) is 4.75. The van der Waals surface area contributed by atoms with Gasteiger partial charge in [-0.2, -0.15) is 0 Å². The van der Waals surface area contributed by atoms with Crippen LogP contribution in [0, 0.1) is 0 Å². The molecule has 6 heteroatoms. The van der Waals surface area contributed by atoms with Gasteiger partial charge in [-0.3, -0.25) is 0 Å². The first-order chi connectivity index (χ1) is 13.4. The zero-order chi connectivity index (χ0) is 20.4. The summed E-state index contributed by atoms with van der Waals surface area (Å²) in [4.78, 5) is 5.07. The number of rotatable bonds is 6. The van der Waals surface area contributed by atoms with Crippen molar-refractivity contribution in [1.29, 1.82) is 0 Å². The van der Waals surface area contributed by atoms with Crippen molar-refractivity contribution >= 4 is 43.6 Å². The molecule has 148 valence electrons. The Morgan fingerprint density at radius 2 is 1.54 bits per heavy atom.